The average molecular weight is 409 g/mol. The number of nitrogens with two attached hydrogens (primary N) is 1. The lowest BCUT2D eigenvalue weighted by atomic mass is 10.1. The molecule has 0 saturated heterocycles. The maximum Gasteiger partial charge on any atom is 0.219 e. The zero-order valence-electron chi connectivity index (χ0n) is 17.2. The number of aryl methyl sites for hydroxylation is 1. The molecule has 3 rings (SSSR count). The number of hydrogen-bond acceptors (Lipinski definition) is 7. The molecule has 2 N–H and O–H groups in total. The van der Waals surface area contributed by atoms with Crippen molar-refractivity contribution in [3.63, 3.8) is 0 Å². The van der Waals surface area contributed by atoms with Crippen LogP contribution in [0.15, 0.2) is 36.7 Å². The van der Waals surface area contributed by atoms with Crippen molar-refractivity contribution in [1.82, 2.24) is 19.7 Å². The largest absolute Gasteiger partial charge is 0.438 e. The van der Waals surface area contributed by atoms with Crippen LogP contribution in [0, 0.1) is 11.3 Å². The highest BCUT2D eigenvalue weighted by Gasteiger charge is 2.17. The van der Waals surface area contributed by atoms with Crippen molar-refractivity contribution in [3.05, 3.63) is 47.8 Å². The van der Waals surface area contributed by atoms with Crippen LogP contribution in [0.3, 0.4) is 0 Å². The van der Waals surface area contributed by atoms with Crippen LogP contribution in [-0.2, 0) is 7.05 Å². The van der Waals surface area contributed by atoms with Crippen LogP contribution in [0.1, 0.15) is 31.1 Å². The minimum absolute atomic E-state index is 0.136. The second kappa shape index (κ2) is 9.33. The number of benzene rings is 1. The number of nitrogens with zero attached hydrogens (tertiary/aromatic N) is 6. The first-order valence-electron chi connectivity index (χ1n) is 9.68. The van der Waals surface area contributed by atoms with Gasteiger partial charge in [0.1, 0.15) is 11.9 Å². The average Bonchev–Trinajstić information content (AvgIpc) is 3.14. The van der Waals surface area contributed by atoms with Gasteiger partial charge in [-0.1, -0.05) is 0 Å². The summed E-state index contributed by atoms with van der Waals surface area (Å²) in [6.07, 6.45) is 1.50. The molecule has 0 radical (unpaired) electrons. The molecule has 0 fully saturated rings. The molecular formula is C21H24FN7O. The maximum atomic E-state index is 13.8. The molecule has 9 heteroatoms. The van der Waals surface area contributed by atoms with Crippen LogP contribution >= 0.6 is 0 Å². The topological polar surface area (TPSA) is 106 Å². The molecule has 2 aromatic heterocycles. The van der Waals surface area contributed by atoms with E-state index in [1.165, 1.54) is 12.4 Å². The summed E-state index contributed by atoms with van der Waals surface area (Å²) in [5.74, 6) is 2.07. The van der Waals surface area contributed by atoms with E-state index < -0.39 is 6.17 Å². The van der Waals surface area contributed by atoms with Gasteiger partial charge in [-0.25, -0.2) is 19.0 Å². The molecule has 0 amide bonds. The minimum atomic E-state index is -1.32. The van der Waals surface area contributed by atoms with Crippen LogP contribution in [0.4, 0.5) is 10.2 Å². The van der Waals surface area contributed by atoms with Crippen LogP contribution < -0.4 is 15.4 Å². The van der Waals surface area contributed by atoms with Gasteiger partial charge in [0.05, 0.1) is 17.2 Å². The van der Waals surface area contributed by atoms with Crippen LogP contribution in [0.25, 0.3) is 11.4 Å². The van der Waals surface area contributed by atoms with E-state index in [0.717, 1.165) is 18.9 Å². The molecule has 0 spiro atoms. The third-order valence-electron chi connectivity index (χ3n) is 4.72. The minimum Gasteiger partial charge on any atom is -0.438 e. The Morgan fingerprint density at radius 3 is 2.53 bits per heavy atom. The molecule has 0 aliphatic carbocycles. The van der Waals surface area contributed by atoms with Gasteiger partial charge in [-0.3, -0.25) is 0 Å². The number of alkyl halides is 1. The Morgan fingerprint density at radius 1 is 1.23 bits per heavy atom. The van der Waals surface area contributed by atoms with E-state index >= 15 is 0 Å². The van der Waals surface area contributed by atoms with Gasteiger partial charge < -0.3 is 15.4 Å². The quantitative estimate of drug-likeness (QED) is 0.608. The van der Waals surface area contributed by atoms with E-state index in [1.54, 1.807) is 29.9 Å². The number of halogens is 1. The number of hydrogen-bond donors (Lipinski definition) is 1. The summed E-state index contributed by atoms with van der Waals surface area (Å²) in [5, 5.41) is 13.8. The first-order chi connectivity index (χ1) is 14.5. The fourth-order valence-electron chi connectivity index (χ4n) is 2.98. The lowest BCUT2D eigenvalue weighted by Crippen LogP contribution is -2.22. The predicted octanol–water partition coefficient (Wildman–Crippen LogP) is 3.36. The highest BCUT2D eigenvalue weighted by atomic mass is 19.1. The van der Waals surface area contributed by atoms with Gasteiger partial charge in [-0.2, -0.15) is 10.4 Å². The van der Waals surface area contributed by atoms with E-state index in [2.05, 4.69) is 39.9 Å². The molecule has 0 saturated carbocycles. The molecule has 8 nitrogen and oxygen atoms in total. The molecule has 2 heterocycles. The normalized spacial score (nSPS) is 11.7. The number of aromatic nitrogens is 4. The van der Waals surface area contributed by atoms with Crippen molar-refractivity contribution in [3.8, 4) is 29.1 Å². The van der Waals surface area contributed by atoms with Crippen molar-refractivity contribution in [2.75, 3.05) is 24.5 Å². The summed E-state index contributed by atoms with van der Waals surface area (Å²) in [4.78, 5) is 10.6. The Kier molecular flexibility index (Phi) is 6.59. The van der Waals surface area contributed by atoms with Crippen LogP contribution in [0.2, 0.25) is 0 Å². The van der Waals surface area contributed by atoms with Gasteiger partial charge in [0.15, 0.2) is 11.6 Å². The summed E-state index contributed by atoms with van der Waals surface area (Å²) in [7, 11) is 1.79. The van der Waals surface area contributed by atoms with Gasteiger partial charge >= 0.3 is 0 Å². The molecule has 0 unspecified atom stereocenters. The van der Waals surface area contributed by atoms with Crippen molar-refractivity contribution in [2.45, 2.75) is 20.0 Å². The molecule has 1 aromatic carbocycles. The molecule has 30 heavy (non-hydrogen) atoms. The molecule has 0 bridgehead atoms. The summed E-state index contributed by atoms with van der Waals surface area (Å²) >= 11 is 0. The Bertz CT molecular complexity index is 1040. The first kappa shape index (κ1) is 21.2. The Hall–Kier alpha value is -3.51. The van der Waals surface area contributed by atoms with Crippen molar-refractivity contribution in [1.29, 1.82) is 5.26 Å². The van der Waals surface area contributed by atoms with Gasteiger partial charge in [0, 0.05) is 50.7 Å². The second-order valence-electron chi connectivity index (χ2n) is 6.60. The highest BCUT2D eigenvalue weighted by Crippen LogP contribution is 2.34. The third-order valence-corrected chi connectivity index (χ3v) is 4.72. The number of anilines is 1. The molecule has 3 aromatic rings. The van der Waals surface area contributed by atoms with Crippen molar-refractivity contribution in [2.24, 2.45) is 12.8 Å². The molecule has 1 atom stereocenters. The summed E-state index contributed by atoms with van der Waals surface area (Å²) in [6, 6.07) is 8.93. The van der Waals surface area contributed by atoms with Gasteiger partial charge in [0.2, 0.25) is 5.88 Å². The van der Waals surface area contributed by atoms with Crippen molar-refractivity contribution < 1.29 is 9.13 Å². The molecule has 156 valence electrons. The van der Waals surface area contributed by atoms with E-state index in [4.69, 9.17) is 10.5 Å². The Balaban J connectivity index is 1.98. The predicted molar refractivity (Wildman–Crippen MR) is 112 cm³/mol. The Labute approximate surface area is 174 Å². The van der Waals surface area contributed by atoms with Crippen LogP contribution in [0.5, 0.6) is 11.6 Å². The summed E-state index contributed by atoms with van der Waals surface area (Å²) < 4.78 is 21.5. The van der Waals surface area contributed by atoms with E-state index in [-0.39, 0.29) is 6.54 Å². The van der Waals surface area contributed by atoms with E-state index in [0.29, 0.717) is 34.1 Å². The number of ether oxygens (including phenoxy) is 1. The highest BCUT2D eigenvalue weighted by molar-refractivity contribution is 5.66. The van der Waals surface area contributed by atoms with E-state index in [1.807, 2.05) is 6.07 Å². The zero-order valence-corrected chi connectivity index (χ0v) is 17.2. The first-order valence-corrected chi connectivity index (χ1v) is 9.68. The molecular weight excluding hydrogens is 385 g/mol. The van der Waals surface area contributed by atoms with Gasteiger partial charge in [0.25, 0.3) is 0 Å². The fourth-order valence-corrected chi connectivity index (χ4v) is 2.98. The molecule has 0 aliphatic heterocycles. The lowest BCUT2D eigenvalue weighted by Gasteiger charge is -2.16. The number of rotatable bonds is 8. The standard InChI is InChI=1S/C21H24FN7O/c1-4-29(5-2)19-9-20(28(3)27-19)30-18-8-14(10-23)6-7-16(18)21-25-12-15(13-26-21)17(22)11-24/h6-9,12-13,17H,4-5,11,24H2,1-3H3/t17-/m1/s1. The summed E-state index contributed by atoms with van der Waals surface area (Å²) in [5.41, 5.74) is 6.68. The monoisotopic (exact) mass is 409 g/mol. The second-order valence-corrected chi connectivity index (χ2v) is 6.60. The lowest BCUT2D eigenvalue weighted by molar-refractivity contribution is 0.351. The van der Waals surface area contributed by atoms with Crippen molar-refractivity contribution >= 4 is 5.82 Å². The Morgan fingerprint density at radius 2 is 1.93 bits per heavy atom. The summed E-state index contributed by atoms with van der Waals surface area (Å²) in [6.45, 7) is 5.62. The van der Waals surface area contributed by atoms with Gasteiger partial charge in [-0.05, 0) is 32.0 Å². The third kappa shape index (κ3) is 4.39. The SMILES string of the molecule is CCN(CC)c1cc(Oc2cc(C#N)ccc2-c2ncc([C@H](F)CN)cn2)n(C)n1. The van der Waals surface area contributed by atoms with E-state index in [9.17, 15) is 9.65 Å². The fraction of sp³-hybridized carbons (Fsp3) is 0.333. The molecule has 0 aliphatic rings. The van der Waals surface area contributed by atoms with Gasteiger partial charge in [-0.15, -0.1) is 0 Å². The number of nitriles is 1. The zero-order chi connectivity index (χ0) is 21.7. The smallest absolute Gasteiger partial charge is 0.219 e. The van der Waals surface area contributed by atoms with Crippen LogP contribution in [-0.4, -0.2) is 39.4 Å². The maximum absolute atomic E-state index is 13.8.